The van der Waals surface area contributed by atoms with Crippen LogP contribution in [0.25, 0.3) is 22.0 Å². The lowest BCUT2D eigenvalue weighted by atomic mass is 9.94. The number of nitriles is 1. The molecule has 9 heteroatoms. The monoisotopic (exact) mass is 482 g/mol. The number of hydrogen-bond acceptors (Lipinski definition) is 4. The number of carbonyl (C=O) groups excluding carboxylic acids is 2. The molecule has 0 bridgehead atoms. The molecule has 34 heavy (non-hydrogen) atoms. The van der Waals surface area contributed by atoms with Gasteiger partial charge in [-0.15, -0.1) is 0 Å². The lowest BCUT2D eigenvalue weighted by Gasteiger charge is -2.30. The standard InChI is InChI=1S/C25H21ClF2N4O2/c1-2-24(14-29)13-25(27,28)15-32(24)22(33)12-31-23(34)19-9-10-30-21-8-5-17(11-20(19)21)16-3-6-18(26)7-4-16/h3-11H,2,12-13,15H2,1H3,(H,31,34)/t24-/m0/s1. The fourth-order valence-electron chi connectivity index (χ4n) is 4.30. The van der Waals surface area contributed by atoms with Crippen molar-refractivity contribution in [3.05, 3.63) is 65.3 Å². The minimum Gasteiger partial charge on any atom is -0.343 e. The molecule has 3 aromatic rings. The van der Waals surface area contributed by atoms with Gasteiger partial charge in [0.1, 0.15) is 5.54 Å². The maximum absolute atomic E-state index is 14.0. The van der Waals surface area contributed by atoms with Crippen molar-refractivity contribution in [1.82, 2.24) is 15.2 Å². The molecule has 0 unspecified atom stereocenters. The minimum atomic E-state index is -3.15. The van der Waals surface area contributed by atoms with Crippen LogP contribution in [0.5, 0.6) is 0 Å². The Morgan fingerprint density at radius 2 is 1.88 bits per heavy atom. The van der Waals surface area contributed by atoms with Gasteiger partial charge in [-0.25, -0.2) is 8.78 Å². The summed E-state index contributed by atoms with van der Waals surface area (Å²) in [6.07, 6.45) is 0.843. The summed E-state index contributed by atoms with van der Waals surface area (Å²) in [5.41, 5.74) is 1.05. The first-order chi connectivity index (χ1) is 16.2. The van der Waals surface area contributed by atoms with Gasteiger partial charge in [-0.05, 0) is 47.9 Å². The summed E-state index contributed by atoms with van der Waals surface area (Å²) >= 11 is 5.97. The van der Waals surface area contributed by atoms with Gasteiger partial charge in [-0.1, -0.05) is 36.7 Å². The molecule has 2 aromatic carbocycles. The van der Waals surface area contributed by atoms with Crippen molar-refractivity contribution in [1.29, 1.82) is 5.26 Å². The van der Waals surface area contributed by atoms with Crippen LogP contribution in [0, 0.1) is 11.3 Å². The number of benzene rings is 2. The van der Waals surface area contributed by atoms with E-state index in [1.165, 1.54) is 12.3 Å². The molecule has 0 radical (unpaired) electrons. The van der Waals surface area contributed by atoms with Crippen molar-refractivity contribution in [2.24, 2.45) is 0 Å². The van der Waals surface area contributed by atoms with E-state index < -0.39 is 42.8 Å². The highest BCUT2D eigenvalue weighted by Gasteiger charge is 2.56. The van der Waals surface area contributed by atoms with Gasteiger partial charge in [0.25, 0.3) is 11.8 Å². The van der Waals surface area contributed by atoms with Crippen LogP contribution in [0.15, 0.2) is 54.7 Å². The zero-order valence-corrected chi connectivity index (χ0v) is 19.1. The number of rotatable bonds is 5. The number of pyridine rings is 1. The summed E-state index contributed by atoms with van der Waals surface area (Å²) in [6.45, 7) is 0.246. The molecule has 1 aliphatic heterocycles. The van der Waals surface area contributed by atoms with E-state index in [2.05, 4.69) is 10.3 Å². The maximum atomic E-state index is 14.0. The summed E-state index contributed by atoms with van der Waals surface area (Å²) in [5, 5.41) is 13.2. The summed E-state index contributed by atoms with van der Waals surface area (Å²) in [7, 11) is 0. The van der Waals surface area contributed by atoms with Gasteiger partial charge in [-0.2, -0.15) is 5.26 Å². The number of aromatic nitrogens is 1. The smallest absolute Gasteiger partial charge is 0.268 e. The topological polar surface area (TPSA) is 86.1 Å². The Morgan fingerprint density at radius 1 is 1.18 bits per heavy atom. The van der Waals surface area contributed by atoms with Gasteiger partial charge in [0.15, 0.2) is 0 Å². The number of hydrogen-bond donors (Lipinski definition) is 1. The average molecular weight is 483 g/mol. The number of nitrogens with one attached hydrogen (secondary N) is 1. The summed E-state index contributed by atoms with van der Waals surface area (Å²) < 4.78 is 28.0. The van der Waals surface area contributed by atoms with Gasteiger partial charge in [-0.3, -0.25) is 14.6 Å². The van der Waals surface area contributed by atoms with Crippen LogP contribution in [0.4, 0.5) is 8.78 Å². The Labute approximate surface area is 200 Å². The van der Waals surface area contributed by atoms with E-state index in [1.54, 1.807) is 25.1 Å². The first-order valence-electron chi connectivity index (χ1n) is 10.7. The zero-order valence-electron chi connectivity index (χ0n) is 18.3. The Morgan fingerprint density at radius 3 is 2.56 bits per heavy atom. The normalized spacial score (nSPS) is 19.1. The predicted octanol–water partition coefficient (Wildman–Crippen LogP) is 4.82. The van der Waals surface area contributed by atoms with E-state index >= 15 is 0 Å². The molecule has 4 rings (SSSR count). The summed E-state index contributed by atoms with van der Waals surface area (Å²) in [6, 6.07) is 16.2. The van der Waals surface area contributed by atoms with Crippen molar-refractivity contribution < 1.29 is 18.4 Å². The van der Waals surface area contributed by atoms with Crippen molar-refractivity contribution in [2.45, 2.75) is 31.2 Å². The zero-order chi connectivity index (χ0) is 24.5. The highest BCUT2D eigenvalue weighted by atomic mass is 35.5. The molecule has 2 heterocycles. The number of halogens is 3. The molecule has 1 atom stereocenters. The second-order valence-corrected chi connectivity index (χ2v) is 8.73. The SMILES string of the molecule is CC[C@@]1(C#N)CC(F)(F)CN1C(=O)CNC(=O)c1ccnc2ccc(-c3ccc(Cl)cc3)cc12. The molecule has 1 aromatic heterocycles. The Balaban J connectivity index is 1.56. The van der Waals surface area contributed by atoms with Crippen LogP contribution in [0.2, 0.25) is 5.02 Å². The Kier molecular flexibility index (Phi) is 6.24. The minimum absolute atomic E-state index is 0.0707. The average Bonchev–Trinajstić information content (AvgIpc) is 3.13. The highest BCUT2D eigenvalue weighted by molar-refractivity contribution is 6.30. The molecule has 0 aliphatic carbocycles. The van der Waals surface area contributed by atoms with Gasteiger partial charge in [0.05, 0.1) is 30.2 Å². The first-order valence-corrected chi connectivity index (χ1v) is 11.1. The third-order valence-electron chi connectivity index (χ3n) is 6.12. The first kappa shape index (κ1) is 23.6. The molecule has 1 aliphatic rings. The molecule has 0 spiro atoms. The van der Waals surface area contributed by atoms with Crippen LogP contribution in [-0.2, 0) is 4.79 Å². The Hall–Kier alpha value is -3.57. The predicted molar refractivity (Wildman–Crippen MR) is 124 cm³/mol. The van der Waals surface area contributed by atoms with Crippen LogP contribution in [0.3, 0.4) is 0 Å². The van der Waals surface area contributed by atoms with Gasteiger partial charge in [0, 0.05) is 23.0 Å². The molecule has 2 amide bonds. The number of nitrogens with zero attached hydrogens (tertiary/aromatic N) is 3. The number of amides is 2. The molecular formula is C25H21ClF2N4O2. The van der Waals surface area contributed by atoms with E-state index in [-0.39, 0.29) is 6.42 Å². The number of likely N-dealkylation sites (tertiary alicyclic amines) is 1. The van der Waals surface area contributed by atoms with Crippen LogP contribution < -0.4 is 5.32 Å². The largest absolute Gasteiger partial charge is 0.343 e. The molecular weight excluding hydrogens is 462 g/mol. The van der Waals surface area contributed by atoms with Crippen molar-refractivity contribution in [3.8, 4) is 17.2 Å². The van der Waals surface area contributed by atoms with Gasteiger partial charge < -0.3 is 10.2 Å². The second-order valence-electron chi connectivity index (χ2n) is 8.29. The van der Waals surface area contributed by atoms with E-state index in [4.69, 9.17) is 11.6 Å². The van der Waals surface area contributed by atoms with Crippen LogP contribution >= 0.6 is 11.6 Å². The third kappa shape index (κ3) is 4.44. The van der Waals surface area contributed by atoms with E-state index in [0.29, 0.717) is 21.5 Å². The number of fused-ring (bicyclic) bond motifs is 1. The fourth-order valence-corrected chi connectivity index (χ4v) is 4.42. The molecule has 0 saturated carbocycles. The molecule has 6 nitrogen and oxygen atoms in total. The van der Waals surface area contributed by atoms with Crippen LogP contribution in [-0.4, -0.2) is 46.2 Å². The van der Waals surface area contributed by atoms with Crippen molar-refractivity contribution in [2.75, 3.05) is 13.1 Å². The van der Waals surface area contributed by atoms with Crippen molar-refractivity contribution >= 4 is 34.3 Å². The second kappa shape index (κ2) is 8.99. The Bertz CT molecular complexity index is 1310. The van der Waals surface area contributed by atoms with Gasteiger partial charge >= 0.3 is 0 Å². The van der Waals surface area contributed by atoms with Crippen molar-refractivity contribution in [3.63, 3.8) is 0 Å². The highest BCUT2D eigenvalue weighted by Crippen LogP contribution is 2.41. The molecule has 1 N–H and O–H groups in total. The fraction of sp³-hybridized carbons (Fsp3) is 0.280. The van der Waals surface area contributed by atoms with E-state index in [9.17, 15) is 23.6 Å². The number of carbonyl (C=O) groups is 2. The third-order valence-corrected chi connectivity index (χ3v) is 6.37. The molecule has 1 fully saturated rings. The van der Waals surface area contributed by atoms with E-state index in [1.807, 2.05) is 30.3 Å². The number of alkyl halides is 2. The summed E-state index contributed by atoms with van der Waals surface area (Å²) in [4.78, 5) is 30.9. The molecule has 174 valence electrons. The quantitative estimate of drug-likeness (QED) is 0.564. The summed E-state index contributed by atoms with van der Waals surface area (Å²) in [5.74, 6) is -4.42. The maximum Gasteiger partial charge on any atom is 0.268 e. The molecule has 1 saturated heterocycles. The van der Waals surface area contributed by atoms with Crippen LogP contribution in [0.1, 0.15) is 30.1 Å². The lowest BCUT2D eigenvalue weighted by molar-refractivity contribution is -0.133. The van der Waals surface area contributed by atoms with E-state index in [0.717, 1.165) is 16.0 Å². The van der Waals surface area contributed by atoms with Gasteiger partial charge in [0.2, 0.25) is 5.91 Å². The lowest BCUT2D eigenvalue weighted by Crippen LogP contribution is -2.49.